The highest BCUT2D eigenvalue weighted by atomic mass is 35.5. The number of rotatable bonds is 5. The predicted octanol–water partition coefficient (Wildman–Crippen LogP) is 1.67. The first-order valence-corrected chi connectivity index (χ1v) is 7.76. The fraction of sp³-hybridized carbons (Fsp3) is 0.154. The molecule has 2 aromatic rings. The average molecular weight is 312 g/mol. The molecule has 2 rings (SSSR count). The lowest BCUT2D eigenvalue weighted by Gasteiger charge is -2.06. The molecule has 0 saturated carbocycles. The van der Waals surface area contributed by atoms with Gasteiger partial charge in [-0.2, -0.15) is 0 Å². The summed E-state index contributed by atoms with van der Waals surface area (Å²) in [6.07, 6.45) is 1.46. The summed E-state index contributed by atoms with van der Waals surface area (Å²) in [6.45, 7) is 0.505. The van der Waals surface area contributed by atoms with Crippen molar-refractivity contribution in [3.63, 3.8) is 0 Å². The first-order valence-electron chi connectivity index (χ1n) is 5.90. The van der Waals surface area contributed by atoms with Crippen molar-refractivity contribution in [3.05, 3.63) is 58.7 Å². The maximum atomic E-state index is 12.0. The maximum absolute atomic E-state index is 12.0. The molecule has 106 valence electrons. The molecule has 7 heteroatoms. The van der Waals surface area contributed by atoms with Crippen LogP contribution in [-0.4, -0.2) is 13.4 Å². The van der Waals surface area contributed by atoms with Gasteiger partial charge in [-0.05, 0) is 29.3 Å². The highest BCUT2D eigenvalue weighted by Gasteiger charge is 2.14. The summed E-state index contributed by atoms with van der Waals surface area (Å²) in [5, 5.41) is 0.583. The Morgan fingerprint density at radius 2 is 1.75 bits per heavy atom. The zero-order chi connectivity index (χ0) is 14.6. The summed E-state index contributed by atoms with van der Waals surface area (Å²) >= 11 is 5.77. The zero-order valence-electron chi connectivity index (χ0n) is 10.6. The number of hydrogen-bond acceptors (Lipinski definition) is 4. The fourth-order valence-corrected chi connectivity index (χ4v) is 2.61. The molecular formula is C13H14ClN3O2S. The second kappa shape index (κ2) is 6.32. The highest BCUT2D eigenvalue weighted by molar-refractivity contribution is 7.89. The van der Waals surface area contributed by atoms with Gasteiger partial charge in [-0.3, -0.25) is 0 Å². The van der Waals surface area contributed by atoms with E-state index in [1.807, 2.05) is 0 Å². The maximum Gasteiger partial charge on any atom is 0.258 e. The lowest BCUT2D eigenvalue weighted by molar-refractivity contribution is 0.577. The van der Waals surface area contributed by atoms with Crippen molar-refractivity contribution in [3.8, 4) is 0 Å². The standard InChI is InChI=1S/C13H14ClN3O2S/c14-12-4-1-10(2-5-12)9-17-20(18,19)13-6-3-11(7-15)8-16-13/h1-6,8,17H,7,9,15H2. The summed E-state index contributed by atoms with van der Waals surface area (Å²) in [6, 6.07) is 10.0. The number of nitrogens with zero attached hydrogens (tertiary/aromatic N) is 1. The number of halogens is 1. The van der Waals surface area contributed by atoms with Crippen LogP contribution in [0.4, 0.5) is 0 Å². The van der Waals surface area contributed by atoms with Crippen LogP contribution >= 0.6 is 11.6 Å². The van der Waals surface area contributed by atoms with E-state index >= 15 is 0 Å². The average Bonchev–Trinajstić information content (AvgIpc) is 2.47. The van der Waals surface area contributed by atoms with Gasteiger partial charge in [0.25, 0.3) is 10.0 Å². The SMILES string of the molecule is NCc1ccc(S(=O)(=O)NCc2ccc(Cl)cc2)nc1. The van der Waals surface area contributed by atoms with Crippen molar-refractivity contribution in [2.24, 2.45) is 5.73 Å². The van der Waals surface area contributed by atoms with Gasteiger partial charge in [-0.15, -0.1) is 0 Å². The van der Waals surface area contributed by atoms with Gasteiger partial charge in [-0.1, -0.05) is 29.8 Å². The minimum Gasteiger partial charge on any atom is -0.326 e. The second-order valence-electron chi connectivity index (χ2n) is 4.16. The smallest absolute Gasteiger partial charge is 0.258 e. The quantitative estimate of drug-likeness (QED) is 0.879. The molecule has 0 fully saturated rings. The zero-order valence-corrected chi connectivity index (χ0v) is 12.2. The first kappa shape index (κ1) is 14.9. The second-order valence-corrected chi connectivity index (χ2v) is 6.31. The molecule has 1 heterocycles. The van der Waals surface area contributed by atoms with E-state index in [4.69, 9.17) is 17.3 Å². The van der Waals surface area contributed by atoms with Gasteiger partial charge in [0.2, 0.25) is 0 Å². The number of benzene rings is 1. The lowest BCUT2D eigenvalue weighted by atomic mass is 10.2. The summed E-state index contributed by atoms with van der Waals surface area (Å²) < 4.78 is 26.6. The molecule has 0 spiro atoms. The van der Waals surface area contributed by atoms with Gasteiger partial charge in [0, 0.05) is 24.3 Å². The summed E-state index contributed by atoms with van der Waals surface area (Å²) in [5.74, 6) is 0. The van der Waals surface area contributed by atoms with Crippen LogP contribution in [0.5, 0.6) is 0 Å². The fourth-order valence-electron chi connectivity index (χ4n) is 1.55. The van der Waals surface area contributed by atoms with Crippen molar-refractivity contribution in [1.82, 2.24) is 9.71 Å². The molecule has 1 aromatic heterocycles. The minimum atomic E-state index is -3.63. The van der Waals surface area contributed by atoms with Crippen molar-refractivity contribution >= 4 is 21.6 Å². The Kier molecular flexibility index (Phi) is 4.72. The Bertz CT molecular complexity index is 670. The third-order valence-corrected chi connectivity index (χ3v) is 4.26. The number of pyridine rings is 1. The number of sulfonamides is 1. The van der Waals surface area contributed by atoms with Gasteiger partial charge in [0.05, 0.1) is 0 Å². The van der Waals surface area contributed by atoms with Gasteiger partial charge in [0.1, 0.15) is 0 Å². The van der Waals surface area contributed by atoms with Crippen LogP contribution in [-0.2, 0) is 23.1 Å². The monoisotopic (exact) mass is 311 g/mol. The Morgan fingerprint density at radius 3 is 2.30 bits per heavy atom. The van der Waals surface area contributed by atoms with E-state index in [0.717, 1.165) is 11.1 Å². The third kappa shape index (κ3) is 3.77. The van der Waals surface area contributed by atoms with Crippen LogP contribution in [0, 0.1) is 0 Å². The van der Waals surface area contributed by atoms with Crippen LogP contribution < -0.4 is 10.5 Å². The van der Waals surface area contributed by atoms with Crippen LogP contribution in [0.3, 0.4) is 0 Å². The first-order chi connectivity index (χ1) is 9.51. The molecule has 3 N–H and O–H groups in total. The number of nitrogens with two attached hydrogens (primary N) is 1. The largest absolute Gasteiger partial charge is 0.326 e. The van der Waals surface area contributed by atoms with Crippen molar-refractivity contribution in [2.45, 2.75) is 18.1 Å². The molecule has 0 aliphatic heterocycles. The van der Waals surface area contributed by atoms with Gasteiger partial charge in [-0.25, -0.2) is 18.1 Å². The molecule has 0 radical (unpaired) electrons. The molecule has 0 bridgehead atoms. The molecule has 1 aromatic carbocycles. The number of aromatic nitrogens is 1. The Balaban J connectivity index is 2.08. The van der Waals surface area contributed by atoms with Crippen LogP contribution in [0.2, 0.25) is 5.02 Å². The molecule has 5 nitrogen and oxygen atoms in total. The van der Waals surface area contributed by atoms with E-state index < -0.39 is 10.0 Å². The highest BCUT2D eigenvalue weighted by Crippen LogP contribution is 2.11. The van der Waals surface area contributed by atoms with E-state index in [2.05, 4.69) is 9.71 Å². The molecule has 0 aliphatic rings. The Hall–Kier alpha value is -1.47. The summed E-state index contributed by atoms with van der Waals surface area (Å²) in [4.78, 5) is 3.90. The van der Waals surface area contributed by atoms with E-state index in [1.165, 1.54) is 12.3 Å². The molecule has 0 unspecified atom stereocenters. The van der Waals surface area contributed by atoms with Gasteiger partial charge >= 0.3 is 0 Å². The van der Waals surface area contributed by atoms with E-state index in [-0.39, 0.29) is 11.6 Å². The molecule has 0 aliphatic carbocycles. The predicted molar refractivity (Wildman–Crippen MR) is 77.6 cm³/mol. The third-order valence-electron chi connectivity index (χ3n) is 2.69. The molecule has 20 heavy (non-hydrogen) atoms. The summed E-state index contributed by atoms with van der Waals surface area (Å²) in [7, 11) is -3.63. The molecule has 0 atom stereocenters. The Morgan fingerprint density at radius 1 is 1.10 bits per heavy atom. The lowest BCUT2D eigenvalue weighted by Crippen LogP contribution is -2.24. The topological polar surface area (TPSA) is 85.1 Å². The van der Waals surface area contributed by atoms with E-state index in [9.17, 15) is 8.42 Å². The Labute approximate surface area is 122 Å². The van der Waals surface area contributed by atoms with Crippen molar-refractivity contribution < 1.29 is 8.42 Å². The molecule has 0 saturated heterocycles. The number of nitrogens with one attached hydrogen (secondary N) is 1. The summed E-state index contributed by atoms with van der Waals surface area (Å²) in [5.41, 5.74) is 7.04. The minimum absolute atomic E-state index is 0.0244. The van der Waals surface area contributed by atoms with Crippen LogP contribution in [0.25, 0.3) is 0 Å². The van der Waals surface area contributed by atoms with E-state index in [1.54, 1.807) is 30.3 Å². The van der Waals surface area contributed by atoms with Crippen LogP contribution in [0.15, 0.2) is 47.6 Å². The van der Waals surface area contributed by atoms with Crippen molar-refractivity contribution in [2.75, 3.05) is 0 Å². The number of hydrogen-bond donors (Lipinski definition) is 2. The van der Waals surface area contributed by atoms with Gasteiger partial charge < -0.3 is 5.73 Å². The molecule has 0 amide bonds. The molecular weight excluding hydrogens is 298 g/mol. The normalized spacial score (nSPS) is 11.5. The van der Waals surface area contributed by atoms with E-state index in [0.29, 0.717) is 11.6 Å². The van der Waals surface area contributed by atoms with Crippen molar-refractivity contribution in [1.29, 1.82) is 0 Å². The van der Waals surface area contributed by atoms with Crippen LogP contribution in [0.1, 0.15) is 11.1 Å². The van der Waals surface area contributed by atoms with Gasteiger partial charge in [0.15, 0.2) is 5.03 Å².